The van der Waals surface area contributed by atoms with Crippen molar-refractivity contribution >= 4 is 21.5 Å². The summed E-state index contributed by atoms with van der Waals surface area (Å²) >= 11 is 3.23. The van der Waals surface area contributed by atoms with Crippen LogP contribution in [0.5, 0.6) is 0 Å². The number of aromatic nitrogens is 2. The smallest absolute Gasteiger partial charge is 0.155 e. The highest BCUT2D eigenvalue weighted by Crippen LogP contribution is 2.08. The van der Waals surface area contributed by atoms with Gasteiger partial charge >= 0.3 is 0 Å². The summed E-state index contributed by atoms with van der Waals surface area (Å²) in [4.78, 5) is 8.02. The van der Waals surface area contributed by atoms with Crippen molar-refractivity contribution in [3.05, 3.63) is 29.3 Å². The van der Waals surface area contributed by atoms with Crippen molar-refractivity contribution in [2.75, 3.05) is 6.54 Å². The third kappa shape index (κ3) is 2.10. The molecule has 1 heterocycles. The van der Waals surface area contributed by atoms with Gasteiger partial charge in [0.1, 0.15) is 0 Å². The second-order valence-electron chi connectivity index (χ2n) is 2.03. The molecule has 11 heavy (non-hydrogen) atoms. The van der Waals surface area contributed by atoms with E-state index in [1.165, 1.54) is 0 Å². The maximum atomic E-state index is 5.35. The van der Waals surface area contributed by atoms with E-state index < -0.39 is 0 Å². The Balaban J connectivity index is 2.90. The van der Waals surface area contributed by atoms with Crippen LogP contribution in [-0.4, -0.2) is 16.5 Å². The van der Waals surface area contributed by atoms with Crippen LogP contribution in [0.4, 0.5) is 0 Å². The molecule has 1 rings (SSSR count). The van der Waals surface area contributed by atoms with Crippen LogP contribution >= 0.6 is 15.9 Å². The molecular weight excluding hydrogens is 206 g/mol. The number of rotatable bonds is 2. The number of halogens is 1. The molecule has 58 valence electrons. The average molecular weight is 214 g/mol. The van der Waals surface area contributed by atoms with Gasteiger partial charge in [0.15, 0.2) is 5.82 Å². The van der Waals surface area contributed by atoms with Crippen molar-refractivity contribution in [1.29, 1.82) is 0 Å². The lowest BCUT2D eigenvalue weighted by Crippen LogP contribution is -2.04. The van der Waals surface area contributed by atoms with Crippen molar-refractivity contribution in [3.8, 4) is 0 Å². The Kier molecular flexibility index (Phi) is 2.73. The fourth-order valence-corrected chi connectivity index (χ4v) is 0.791. The molecular formula is C7H8BrN3. The van der Waals surface area contributed by atoms with Crippen LogP contribution in [0.25, 0.3) is 5.57 Å². The topological polar surface area (TPSA) is 51.8 Å². The molecule has 4 heteroatoms. The number of nitrogens with two attached hydrogens (primary N) is 1. The van der Waals surface area contributed by atoms with Gasteiger partial charge in [-0.1, -0.05) is 6.58 Å². The van der Waals surface area contributed by atoms with E-state index in [-0.39, 0.29) is 0 Å². The standard InChI is InChI=1S/C7H8BrN3/c1-5(2-9)7-10-3-6(8)4-11-7/h3-4H,1-2,9H2. The first-order valence-corrected chi connectivity index (χ1v) is 3.89. The van der Waals surface area contributed by atoms with E-state index in [9.17, 15) is 0 Å². The fourth-order valence-electron chi connectivity index (χ4n) is 0.586. The van der Waals surface area contributed by atoms with Gasteiger partial charge in [0, 0.05) is 24.5 Å². The Labute approximate surface area is 73.5 Å². The molecule has 2 N–H and O–H groups in total. The summed E-state index contributed by atoms with van der Waals surface area (Å²) < 4.78 is 0.853. The van der Waals surface area contributed by atoms with Crippen LogP contribution in [-0.2, 0) is 0 Å². The maximum Gasteiger partial charge on any atom is 0.155 e. The van der Waals surface area contributed by atoms with E-state index in [4.69, 9.17) is 5.73 Å². The SMILES string of the molecule is C=C(CN)c1ncc(Br)cn1. The molecule has 0 saturated heterocycles. The lowest BCUT2D eigenvalue weighted by Gasteiger charge is -1.98. The zero-order valence-electron chi connectivity index (χ0n) is 5.92. The van der Waals surface area contributed by atoms with Gasteiger partial charge in [0.25, 0.3) is 0 Å². The van der Waals surface area contributed by atoms with Crippen molar-refractivity contribution < 1.29 is 0 Å². The minimum atomic E-state index is 0.391. The Morgan fingerprint density at radius 1 is 1.55 bits per heavy atom. The Morgan fingerprint density at radius 3 is 2.55 bits per heavy atom. The fraction of sp³-hybridized carbons (Fsp3) is 0.143. The van der Waals surface area contributed by atoms with Crippen molar-refractivity contribution in [1.82, 2.24) is 9.97 Å². The molecule has 0 aliphatic heterocycles. The largest absolute Gasteiger partial charge is 0.326 e. The van der Waals surface area contributed by atoms with Crippen molar-refractivity contribution in [3.63, 3.8) is 0 Å². The predicted octanol–water partition coefficient (Wildman–Crippen LogP) is 1.21. The van der Waals surface area contributed by atoms with Gasteiger partial charge in [0.05, 0.1) is 4.47 Å². The van der Waals surface area contributed by atoms with Gasteiger partial charge in [-0.2, -0.15) is 0 Å². The predicted molar refractivity (Wildman–Crippen MR) is 47.8 cm³/mol. The van der Waals surface area contributed by atoms with Crippen LogP contribution in [0.3, 0.4) is 0 Å². The summed E-state index contributed by atoms with van der Waals surface area (Å²) in [5.41, 5.74) is 6.10. The third-order valence-electron chi connectivity index (χ3n) is 1.18. The molecule has 0 fully saturated rings. The molecule has 0 aromatic carbocycles. The van der Waals surface area contributed by atoms with Crippen molar-refractivity contribution in [2.24, 2.45) is 5.73 Å². The summed E-state index contributed by atoms with van der Waals surface area (Å²) in [5.74, 6) is 0.607. The molecule has 0 bridgehead atoms. The summed E-state index contributed by atoms with van der Waals surface area (Å²) in [6, 6.07) is 0. The minimum absolute atomic E-state index is 0.391. The van der Waals surface area contributed by atoms with Gasteiger partial charge in [0.2, 0.25) is 0 Å². The van der Waals surface area contributed by atoms with Crippen LogP contribution in [0.2, 0.25) is 0 Å². The second kappa shape index (κ2) is 3.59. The summed E-state index contributed by atoms with van der Waals surface area (Å²) in [5, 5.41) is 0. The van der Waals surface area contributed by atoms with E-state index in [0.29, 0.717) is 12.4 Å². The first-order chi connectivity index (χ1) is 5.24. The molecule has 0 atom stereocenters. The van der Waals surface area contributed by atoms with E-state index in [1.54, 1.807) is 12.4 Å². The number of nitrogens with zero attached hydrogens (tertiary/aromatic N) is 2. The third-order valence-corrected chi connectivity index (χ3v) is 1.59. The van der Waals surface area contributed by atoms with Gasteiger partial charge in [-0.3, -0.25) is 0 Å². The molecule has 1 aromatic rings. The summed E-state index contributed by atoms with van der Waals surface area (Å²) in [6.07, 6.45) is 3.34. The Bertz CT molecular complexity index is 255. The molecule has 0 aliphatic rings. The summed E-state index contributed by atoms with van der Waals surface area (Å²) in [7, 11) is 0. The average Bonchev–Trinajstić information content (AvgIpc) is 2.05. The second-order valence-corrected chi connectivity index (χ2v) is 2.95. The molecule has 0 spiro atoms. The minimum Gasteiger partial charge on any atom is -0.326 e. The lowest BCUT2D eigenvalue weighted by atomic mass is 10.3. The summed E-state index contributed by atoms with van der Waals surface area (Å²) in [6.45, 7) is 4.10. The molecule has 0 aliphatic carbocycles. The van der Waals surface area contributed by atoms with E-state index in [1.807, 2.05) is 0 Å². The van der Waals surface area contributed by atoms with Crippen molar-refractivity contribution in [2.45, 2.75) is 0 Å². The Morgan fingerprint density at radius 2 is 2.09 bits per heavy atom. The van der Waals surface area contributed by atoms with E-state index >= 15 is 0 Å². The zero-order valence-corrected chi connectivity index (χ0v) is 7.50. The zero-order chi connectivity index (χ0) is 8.27. The molecule has 0 saturated carbocycles. The maximum absolute atomic E-state index is 5.35. The normalized spacial score (nSPS) is 9.64. The van der Waals surface area contributed by atoms with Crippen LogP contribution < -0.4 is 5.73 Å². The molecule has 0 unspecified atom stereocenters. The number of hydrogen-bond donors (Lipinski definition) is 1. The van der Waals surface area contributed by atoms with Crippen LogP contribution in [0, 0.1) is 0 Å². The highest BCUT2D eigenvalue weighted by Gasteiger charge is 1.98. The molecule has 1 aromatic heterocycles. The molecule has 0 radical (unpaired) electrons. The lowest BCUT2D eigenvalue weighted by molar-refractivity contribution is 1.08. The number of hydrogen-bond acceptors (Lipinski definition) is 3. The first kappa shape index (κ1) is 8.36. The quantitative estimate of drug-likeness (QED) is 0.804. The van der Waals surface area contributed by atoms with Crippen LogP contribution in [0.15, 0.2) is 23.4 Å². The van der Waals surface area contributed by atoms with E-state index in [0.717, 1.165) is 10.0 Å². The van der Waals surface area contributed by atoms with Gasteiger partial charge in [-0.25, -0.2) is 9.97 Å². The van der Waals surface area contributed by atoms with E-state index in [2.05, 4.69) is 32.5 Å². The highest BCUT2D eigenvalue weighted by molar-refractivity contribution is 9.10. The van der Waals surface area contributed by atoms with Gasteiger partial charge < -0.3 is 5.73 Å². The van der Waals surface area contributed by atoms with Gasteiger partial charge in [-0.05, 0) is 15.9 Å². The van der Waals surface area contributed by atoms with Gasteiger partial charge in [-0.15, -0.1) is 0 Å². The molecule has 0 amide bonds. The first-order valence-electron chi connectivity index (χ1n) is 3.10. The molecule has 3 nitrogen and oxygen atoms in total. The van der Waals surface area contributed by atoms with Crippen LogP contribution in [0.1, 0.15) is 5.82 Å². The highest BCUT2D eigenvalue weighted by atomic mass is 79.9. The Hall–Kier alpha value is -0.740. The monoisotopic (exact) mass is 213 g/mol.